The largest absolute Gasteiger partial charge is 0.478 e. The van der Waals surface area contributed by atoms with E-state index in [1.165, 1.54) is 10.8 Å². The summed E-state index contributed by atoms with van der Waals surface area (Å²) in [6.45, 7) is 0. The zero-order chi connectivity index (χ0) is 39.3. The molecule has 9 aromatic carbocycles. The Morgan fingerprint density at radius 1 is 0.414 bits per heavy atom. The molecule has 2 N–H and O–H groups in total. The van der Waals surface area contributed by atoms with Gasteiger partial charge in [-0.1, -0.05) is 115 Å². The number of nitrogens with zero attached hydrogens (tertiary/aromatic N) is 2. The van der Waals surface area contributed by atoms with Gasteiger partial charge in [-0.25, -0.2) is 9.59 Å². The van der Waals surface area contributed by atoms with Crippen LogP contribution in [0.2, 0.25) is 0 Å². The minimum Gasteiger partial charge on any atom is -0.478 e. The van der Waals surface area contributed by atoms with Gasteiger partial charge in [0.2, 0.25) is 0 Å². The van der Waals surface area contributed by atoms with Crippen LogP contribution in [-0.2, 0) is 0 Å². The number of carboxylic acids is 2. The third-order valence-corrected chi connectivity index (χ3v) is 11.0. The molecule has 0 amide bonds. The van der Waals surface area contributed by atoms with Gasteiger partial charge in [-0.15, -0.1) is 0 Å². The topological polar surface area (TPSA) is 82.8 Å². The van der Waals surface area contributed by atoms with Crippen molar-refractivity contribution < 1.29 is 19.8 Å². The molecule has 6 nitrogen and oxygen atoms in total. The molecule has 58 heavy (non-hydrogen) atoms. The predicted octanol–water partition coefficient (Wildman–Crippen LogP) is 13.3. The first-order valence-electron chi connectivity index (χ1n) is 19.0. The van der Waals surface area contributed by atoms with Gasteiger partial charge in [0, 0.05) is 33.2 Å². The minimum absolute atomic E-state index is 0.186. The molecule has 10 aromatic rings. The van der Waals surface area contributed by atoms with Crippen molar-refractivity contribution in [2.75, 3.05) is 4.90 Å². The van der Waals surface area contributed by atoms with Gasteiger partial charge >= 0.3 is 11.9 Å². The molecule has 6 heteroatoms. The summed E-state index contributed by atoms with van der Waals surface area (Å²) < 4.78 is 2.30. The highest BCUT2D eigenvalue weighted by Gasteiger charge is 2.24. The molecule has 1 aromatic heterocycles. The number of para-hydroxylation sites is 3. The lowest BCUT2D eigenvalue weighted by atomic mass is 9.84. The van der Waals surface area contributed by atoms with Crippen LogP contribution in [-0.4, -0.2) is 26.7 Å². The number of carbonyl (C=O) groups is 2. The molecule has 0 radical (unpaired) electrons. The number of carboxylic acid groups (broad SMARTS) is 2. The molecule has 0 fully saturated rings. The highest BCUT2D eigenvalue weighted by molar-refractivity contribution is 6.25. The van der Waals surface area contributed by atoms with E-state index in [9.17, 15) is 19.8 Å². The fraction of sp³-hybridized carbons (Fsp3) is 0. The Balaban J connectivity index is 1.28. The van der Waals surface area contributed by atoms with Gasteiger partial charge in [0.05, 0.1) is 27.8 Å². The lowest BCUT2D eigenvalue weighted by Crippen LogP contribution is -2.11. The summed E-state index contributed by atoms with van der Waals surface area (Å²) in [6.07, 6.45) is 0. The zero-order valence-corrected chi connectivity index (χ0v) is 31.1. The van der Waals surface area contributed by atoms with Crippen LogP contribution in [0.5, 0.6) is 0 Å². The van der Waals surface area contributed by atoms with E-state index in [0.29, 0.717) is 0 Å². The van der Waals surface area contributed by atoms with E-state index in [0.717, 1.165) is 77.6 Å². The van der Waals surface area contributed by atoms with Crippen LogP contribution in [0.3, 0.4) is 0 Å². The Kier molecular flexibility index (Phi) is 8.31. The lowest BCUT2D eigenvalue weighted by molar-refractivity contribution is 0.0686. The maximum atomic E-state index is 12.4. The second-order valence-electron chi connectivity index (χ2n) is 14.3. The van der Waals surface area contributed by atoms with Crippen LogP contribution >= 0.6 is 0 Å². The summed E-state index contributed by atoms with van der Waals surface area (Å²) >= 11 is 0. The second-order valence-corrected chi connectivity index (χ2v) is 14.3. The Morgan fingerprint density at radius 3 is 1.47 bits per heavy atom. The molecule has 0 aliphatic carbocycles. The number of aromatic nitrogens is 1. The van der Waals surface area contributed by atoms with Gasteiger partial charge in [0.25, 0.3) is 0 Å². The first-order chi connectivity index (χ1) is 28.5. The maximum absolute atomic E-state index is 12.4. The van der Waals surface area contributed by atoms with Crippen molar-refractivity contribution in [2.24, 2.45) is 0 Å². The molecule has 0 aliphatic rings. The van der Waals surface area contributed by atoms with E-state index in [-0.39, 0.29) is 11.1 Å². The average molecular weight is 751 g/mol. The molecule has 0 unspecified atom stereocenters. The Morgan fingerprint density at radius 2 is 0.879 bits per heavy atom. The number of benzene rings is 9. The number of hydrogen-bond acceptors (Lipinski definition) is 3. The van der Waals surface area contributed by atoms with E-state index in [2.05, 4.69) is 119 Å². The summed E-state index contributed by atoms with van der Waals surface area (Å²) in [5.41, 5.74) is 9.71. The average Bonchev–Trinajstić information content (AvgIpc) is 3.61. The van der Waals surface area contributed by atoms with Gasteiger partial charge in [-0.05, 0) is 117 Å². The van der Waals surface area contributed by atoms with Crippen molar-refractivity contribution in [3.05, 3.63) is 205 Å². The monoisotopic (exact) mass is 750 g/mol. The Hall–Kier alpha value is -7.96. The molecule has 0 saturated carbocycles. The summed E-state index contributed by atoms with van der Waals surface area (Å²) in [6, 6.07) is 64.2. The minimum atomic E-state index is -1.01. The predicted molar refractivity (Wildman–Crippen MR) is 235 cm³/mol. The number of rotatable bonds is 8. The first-order valence-corrected chi connectivity index (χ1v) is 19.0. The number of aromatic carboxylic acids is 2. The smallest absolute Gasteiger partial charge is 0.335 e. The van der Waals surface area contributed by atoms with Crippen LogP contribution in [0.25, 0.3) is 71.3 Å². The van der Waals surface area contributed by atoms with Crippen LogP contribution in [0.1, 0.15) is 20.7 Å². The van der Waals surface area contributed by atoms with Crippen LogP contribution in [0.4, 0.5) is 17.1 Å². The molecular formula is C52H34N2O4. The molecule has 1 heterocycles. The summed E-state index contributed by atoms with van der Waals surface area (Å²) in [5.74, 6) is -2.01. The SMILES string of the molecule is O=C(O)c1cccc(-c2c3ccccc3c(-c3cccc(C(=O)O)c3)c3c(N(c4ccccc4)c4ccc(-n5c6ccccc6c6ccccc65)cc4)cccc23)c1. The van der Waals surface area contributed by atoms with E-state index in [4.69, 9.17) is 0 Å². The van der Waals surface area contributed by atoms with E-state index < -0.39 is 11.9 Å². The van der Waals surface area contributed by atoms with Crippen molar-refractivity contribution in [3.8, 4) is 27.9 Å². The van der Waals surface area contributed by atoms with Crippen molar-refractivity contribution in [3.63, 3.8) is 0 Å². The third kappa shape index (κ3) is 5.66. The quantitative estimate of drug-likeness (QED) is 0.151. The van der Waals surface area contributed by atoms with Crippen molar-refractivity contribution >= 4 is 72.4 Å². The Bertz CT molecular complexity index is 3190. The molecular weight excluding hydrogens is 717 g/mol. The van der Waals surface area contributed by atoms with Gasteiger partial charge in [0.1, 0.15) is 0 Å². The number of anilines is 3. The normalized spacial score (nSPS) is 11.4. The highest BCUT2D eigenvalue weighted by atomic mass is 16.4. The Labute approximate surface area is 333 Å². The van der Waals surface area contributed by atoms with Gasteiger partial charge in [0.15, 0.2) is 0 Å². The van der Waals surface area contributed by atoms with Crippen LogP contribution in [0, 0.1) is 0 Å². The second kappa shape index (κ2) is 14.0. The van der Waals surface area contributed by atoms with Crippen LogP contribution < -0.4 is 4.90 Å². The van der Waals surface area contributed by atoms with Crippen molar-refractivity contribution in [1.29, 1.82) is 0 Å². The number of fused-ring (bicyclic) bond motifs is 5. The van der Waals surface area contributed by atoms with Gasteiger partial charge in [-0.2, -0.15) is 0 Å². The standard InChI is InChI=1S/C52H34N2O4/c55-51(56)35-15-10-13-33(31-35)48-42-21-4-5-22-43(42)49(34-14-11-16-36(32-34)52(57)58)50-44(48)23-12-26-47(50)53(37-17-2-1-3-18-37)38-27-29-39(30-28-38)54-45-24-8-6-19-40(45)41-20-7-9-25-46(41)54/h1-32H,(H,55,56)(H,57,58). The van der Waals surface area contributed by atoms with Crippen molar-refractivity contribution in [2.45, 2.75) is 0 Å². The van der Waals surface area contributed by atoms with Gasteiger partial charge in [-0.3, -0.25) is 0 Å². The first kappa shape index (κ1) is 34.5. The van der Waals surface area contributed by atoms with Gasteiger partial charge < -0.3 is 19.7 Å². The van der Waals surface area contributed by atoms with E-state index in [1.54, 1.807) is 36.4 Å². The summed E-state index contributed by atoms with van der Waals surface area (Å²) in [5, 5.41) is 26.2. The molecule has 0 aliphatic heterocycles. The van der Waals surface area contributed by atoms with Crippen molar-refractivity contribution in [1.82, 2.24) is 4.57 Å². The molecule has 10 rings (SSSR count). The summed E-state index contributed by atoms with van der Waals surface area (Å²) in [4.78, 5) is 26.9. The molecule has 0 bridgehead atoms. The fourth-order valence-electron chi connectivity index (χ4n) is 8.58. The van der Waals surface area contributed by atoms with E-state index >= 15 is 0 Å². The maximum Gasteiger partial charge on any atom is 0.335 e. The van der Waals surface area contributed by atoms with Crippen LogP contribution in [0.15, 0.2) is 194 Å². The molecule has 0 saturated heterocycles. The fourth-order valence-corrected chi connectivity index (χ4v) is 8.58. The highest BCUT2D eigenvalue weighted by Crippen LogP contribution is 2.50. The number of hydrogen-bond donors (Lipinski definition) is 2. The summed E-state index contributed by atoms with van der Waals surface area (Å²) in [7, 11) is 0. The molecule has 0 atom stereocenters. The third-order valence-electron chi connectivity index (χ3n) is 11.0. The molecule has 0 spiro atoms. The molecule has 276 valence electrons. The lowest BCUT2D eigenvalue weighted by Gasteiger charge is -2.29. The zero-order valence-electron chi connectivity index (χ0n) is 31.1. The van der Waals surface area contributed by atoms with E-state index in [1.807, 2.05) is 48.5 Å².